The smallest absolute Gasteiger partial charge is 0.127 e. The number of aryl methyl sites for hydroxylation is 1. The molecule has 0 saturated carbocycles. The van der Waals surface area contributed by atoms with Gasteiger partial charge in [0.2, 0.25) is 0 Å². The molecule has 0 atom stereocenters. The van der Waals surface area contributed by atoms with Crippen LogP contribution in [-0.4, -0.2) is 22.9 Å². The number of nitrogens with one attached hydrogen (secondary N) is 1. The number of aromatic hydroxyl groups is 1. The van der Waals surface area contributed by atoms with Crippen LogP contribution < -0.4 is 0 Å². The second-order valence-electron chi connectivity index (χ2n) is 9.20. The molecule has 2 rings (SSSR count). The van der Waals surface area contributed by atoms with Crippen molar-refractivity contribution in [2.45, 2.75) is 65.2 Å². The van der Waals surface area contributed by atoms with Crippen molar-refractivity contribution in [1.82, 2.24) is 4.98 Å². The maximum atomic E-state index is 10.9. The predicted molar refractivity (Wildman–Crippen MR) is 123 cm³/mol. The summed E-state index contributed by atoms with van der Waals surface area (Å²) in [4.78, 5) is 7.97. The molecule has 2 N–H and O–H groups in total. The zero-order chi connectivity index (χ0) is 22.1. The molecule has 160 valence electrons. The first kappa shape index (κ1) is 23.9. The van der Waals surface area contributed by atoms with E-state index in [2.05, 4.69) is 63.8 Å². The summed E-state index contributed by atoms with van der Waals surface area (Å²) in [5, 5.41) is 15.9. The molecule has 0 aliphatic rings. The van der Waals surface area contributed by atoms with E-state index < -0.39 is 0 Å². The Bertz CT molecular complexity index is 884. The fourth-order valence-corrected chi connectivity index (χ4v) is 3.83. The molecule has 29 heavy (non-hydrogen) atoms. The van der Waals surface area contributed by atoms with E-state index in [1.54, 1.807) is 0 Å². The van der Waals surface area contributed by atoms with Gasteiger partial charge in [0.15, 0.2) is 0 Å². The normalized spacial score (nSPS) is 13.1. The number of aromatic nitrogens is 1. The van der Waals surface area contributed by atoms with E-state index >= 15 is 0 Å². The van der Waals surface area contributed by atoms with Crippen molar-refractivity contribution in [3.8, 4) is 5.75 Å². The second kappa shape index (κ2) is 8.79. The molecule has 0 amide bonds. The van der Waals surface area contributed by atoms with Crippen molar-refractivity contribution < 1.29 is 9.94 Å². The first-order valence-corrected chi connectivity index (χ1v) is 10.6. The molecule has 1 heterocycles. The number of rotatable bonds is 5. The summed E-state index contributed by atoms with van der Waals surface area (Å²) in [7, 11) is 1.48. The first-order valence-electron chi connectivity index (χ1n) is 9.47. The molecule has 0 unspecified atom stereocenters. The fraction of sp³-hybridized carbons (Fsp3) is 0.500. The molecule has 1 aromatic heterocycles. The van der Waals surface area contributed by atoms with Crippen LogP contribution in [0.15, 0.2) is 17.3 Å². The summed E-state index contributed by atoms with van der Waals surface area (Å²) in [5.74, 6) is 0.366. The maximum absolute atomic E-state index is 10.9. The lowest BCUT2D eigenvalue weighted by Crippen LogP contribution is -2.18. The van der Waals surface area contributed by atoms with Crippen LogP contribution in [0.2, 0.25) is 15.2 Å². The lowest BCUT2D eigenvalue weighted by molar-refractivity contribution is 0.212. The Labute approximate surface area is 188 Å². The van der Waals surface area contributed by atoms with Gasteiger partial charge in [-0.2, -0.15) is 0 Å². The van der Waals surface area contributed by atoms with Crippen LogP contribution in [0.3, 0.4) is 0 Å². The molecular formula is C22H29Cl3N2O2. The number of nitrogens with zero attached hydrogens (tertiary/aromatic N) is 1. The third kappa shape index (κ3) is 5.42. The van der Waals surface area contributed by atoms with Crippen LogP contribution in [0.4, 0.5) is 0 Å². The largest absolute Gasteiger partial charge is 0.507 e. The van der Waals surface area contributed by atoms with Gasteiger partial charge in [-0.05, 0) is 40.4 Å². The average Bonchev–Trinajstić information content (AvgIpc) is 2.85. The minimum Gasteiger partial charge on any atom is -0.507 e. The zero-order valence-corrected chi connectivity index (χ0v) is 20.3. The average molecular weight is 460 g/mol. The highest BCUT2D eigenvalue weighted by Gasteiger charge is 2.27. The topological polar surface area (TPSA) is 57.6 Å². The molecule has 0 radical (unpaired) electrons. The lowest BCUT2D eigenvalue weighted by atomic mass is 9.78. The van der Waals surface area contributed by atoms with E-state index in [0.717, 1.165) is 16.7 Å². The van der Waals surface area contributed by atoms with E-state index in [1.807, 2.05) is 0 Å². The van der Waals surface area contributed by atoms with Gasteiger partial charge < -0.3 is 14.9 Å². The number of aromatic amines is 1. The lowest BCUT2D eigenvalue weighted by Gasteiger charge is -2.28. The number of phenols is 1. The number of benzene rings is 1. The van der Waals surface area contributed by atoms with Crippen molar-refractivity contribution in [3.63, 3.8) is 0 Å². The summed E-state index contributed by atoms with van der Waals surface area (Å²) >= 11 is 18.5. The van der Waals surface area contributed by atoms with Gasteiger partial charge in [-0.25, -0.2) is 0 Å². The predicted octanol–water partition coefficient (Wildman–Crippen LogP) is 7.26. The van der Waals surface area contributed by atoms with Gasteiger partial charge >= 0.3 is 0 Å². The standard InChI is InChI=1S/C22H29Cl3N2O2/c1-21(2,3)13-10-12(11-14(19(13)28)22(4,5)6)8-9-15(27-29-7)18-16(23)17(24)20(25)26-18/h10-11,26,28H,8-9H2,1-7H3/b27-15-. The number of halogens is 3. The highest BCUT2D eigenvalue weighted by Crippen LogP contribution is 2.40. The zero-order valence-electron chi connectivity index (χ0n) is 18.0. The van der Waals surface area contributed by atoms with Crippen LogP contribution in [0.25, 0.3) is 0 Å². The third-order valence-electron chi connectivity index (χ3n) is 4.77. The Morgan fingerprint density at radius 3 is 1.90 bits per heavy atom. The Hall–Kier alpha value is -1.36. The molecule has 0 bridgehead atoms. The van der Waals surface area contributed by atoms with Gasteiger partial charge in [-0.3, -0.25) is 0 Å². The number of hydrogen-bond acceptors (Lipinski definition) is 3. The molecule has 2 aromatic rings. The summed E-state index contributed by atoms with van der Waals surface area (Å²) in [6.45, 7) is 12.6. The van der Waals surface area contributed by atoms with Gasteiger partial charge in [0.05, 0.1) is 15.7 Å². The molecule has 4 nitrogen and oxygen atoms in total. The van der Waals surface area contributed by atoms with E-state index in [9.17, 15) is 5.11 Å². The molecule has 0 saturated heterocycles. The molecule has 7 heteroatoms. The van der Waals surface area contributed by atoms with E-state index in [1.165, 1.54) is 7.11 Å². The van der Waals surface area contributed by atoms with Crippen molar-refractivity contribution in [2.24, 2.45) is 5.16 Å². The van der Waals surface area contributed by atoms with E-state index in [0.29, 0.717) is 35.0 Å². The summed E-state index contributed by atoms with van der Waals surface area (Å²) in [6.07, 6.45) is 1.23. The minimum absolute atomic E-state index is 0.187. The molecular weight excluding hydrogens is 431 g/mol. The van der Waals surface area contributed by atoms with Crippen molar-refractivity contribution >= 4 is 40.5 Å². The van der Waals surface area contributed by atoms with Gasteiger partial charge in [0.1, 0.15) is 23.7 Å². The van der Waals surface area contributed by atoms with Crippen molar-refractivity contribution in [3.05, 3.63) is 49.7 Å². The van der Waals surface area contributed by atoms with Crippen LogP contribution in [0, 0.1) is 0 Å². The monoisotopic (exact) mass is 458 g/mol. The second-order valence-corrected chi connectivity index (χ2v) is 10.3. The van der Waals surface area contributed by atoms with E-state index in [-0.39, 0.29) is 21.0 Å². The molecule has 1 aromatic carbocycles. The Balaban J connectivity index is 2.44. The minimum atomic E-state index is -0.187. The Morgan fingerprint density at radius 2 is 1.52 bits per heavy atom. The molecule has 0 aliphatic heterocycles. The van der Waals surface area contributed by atoms with Gasteiger partial charge in [-0.15, -0.1) is 0 Å². The quantitative estimate of drug-likeness (QED) is 0.365. The molecule has 0 spiro atoms. The first-order chi connectivity index (χ1) is 13.3. The maximum Gasteiger partial charge on any atom is 0.127 e. The van der Waals surface area contributed by atoms with Crippen molar-refractivity contribution in [2.75, 3.05) is 7.11 Å². The SMILES string of the molecule is CO/N=C(/CCc1cc(C(C)(C)C)c(O)c(C(C)(C)C)c1)c1[nH]c(Cl)c(Cl)c1Cl. The van der Waals surface area contributed by atoms with Crippen molar-refractivity contribution in [1.29, 1.82) is 0 Å². The van der Waals surface area contributed by atoms with Crippen LogP contribution in [-0.2, 0) is 22.1 Å². The number of phenolic OH excluding ortho intramolecular Hbond substituents is 1. The summed E-state index contributed by atoms with van der Waals surface area (Å²) < 4.78 is 0. The van der Waals surface area contributed by atoms with Crippen LogP contribution in [0.5, 0.6) is 5.75 Å². The fourth-order valence-electron chi connectivity index (χ4n) is 3.20. The van der Waals surface area contributed by atoms with Crippen LogP contribution in [0.1, 0.15) is 70.3 Å². The van der Waals surface area contributed by atoms with Gasteiger partial charge in [0.25, 0.3) is 0 Å². The van der Waals surface area contributed by atoms with E-state index in [4.69, 9.17) is 39.6 Å². The highest BCUT2D eigenvalue weighted by molar-refractivity contribution is 6.49. The Kier molecular flexibility index (Phi) is 7.25. The van der Waals surface area contributed by atoms with Gasteiger partial charge in [-0.1, -0.05) is 93.6 Å². The highest BCUT2D eigenvalue weighted by atomic mass is 35.5. The molecule has 0 aliphatic carbocycles. The van der Waals surface area contributed by atoms with Crippen LogP contribution >= 0.6 is 34.8 Å². The third-order valence-corrected chi connectivity index (χ3v) is 6.00. The Morgan fingerprint density at radius 1 is 1.00 bits per heavy atom. The summed E-state index contributed by atoms with van der Waals surface area (Å²) in [6, 6.07) is 4.12. The molecule has 0 fully saturated rings. The van der Waals surface area contributed by atoms with Gasteiger partial charge in [0, 0.05) is 0 Å². The number of oxime groups is 1. The summed E-state index contributed by atoms with van der Waals surface area (Å²) in [5.41, 5.74) is 3.74. The number of hydrogen-bond donors (Lipinski definition) is 2. The number of H-pyrrole nitrogens is 1.